The number of hydrogen-bond acceptors (Lipinski definition) is 6. The second kappa shape index (κ2) is 9.24. The molecule has 1 amide bonds. The molecule has 9 heteroatoms. The van der Waals surface area contributed by atoms with Crippen molar-refractivity contribution >= 4 is 41.1 Å². The number of unbranched alkanes of at least 4 members (excludes halogenated alkanes) is 1. The summed E-state index contributed by atoms with van der Waals surface area (Å²) in [6.07, 6.45) is 2.52. The summed E-state index contributed by atoms with van der Waals surface area (Å²) in [4.78, 5) is 35.4. The number of aliphatic carboxylic acids is 1. The van der Waals surface area contributed by atoms with Gasteiger partial charge in [-0.15, -0.1) is 0 Å². The molecule has 1 fully saturated rings. The zero-order valence-electron chi connectivity index (χ0n) is 14.4. The fourth-order valence-electron chi connectivity index (χ4n) is 2.75. The molecule has 2 heterocycles. The van der Waals surface area contributed by atoms with Crippen LogP contribution in [0.2, 0.25) is 5.15 Å². The van der Waals surface area contributed by atoms with E-state index in [1.807, 2.05) is 11.8 Å². The molecule has 2 rings (SSSR count). The highest BCUT2D eigenvalue weighted by Gasteiger charge is 2.28. The van der Waals surface area contributed by atoms with Gasteiger partial charge in [0.2, 0.25) is 5.91 Å². The number of carbonyl (C=O) groups is 2. The molecule has 1 aliphatic rings. The molecular formula is C16H23ClN4O3S. The summed E-state index contributed by atoms with van der Waals surface area (Å²) in [6.45, 7) is 6.07. The van der Waals surface area contributed by atoms with Gasteiger partial charge in [0.1, 0.15) is 11.0 Å². The summed E-state index contributed by atoms with van der Waals surface area (Å²) in [5.41, 5.74) is 0. The van der Waals surface area contributed by atoms with Gasteiger partial charge in [0.25, 0.3) is 0 Å². The summed E-state index contributed by atoms with van der Waals surface area (Å²) >= 11 is 7.09. The lowest BCUT2D eigenvalue weighted by molar-refractivity contribution is -0.134. The number of aromatic nitrogens is 2. The molecule has 0 aliphatic carbocycles. The number of carboxylic acid groups (broad SMARTS) is 1. The Labute approximate surface area is 156 Å². The lowest BCUT2D eigenvalue weighted by Gasteiger charge is -2.40. The molecule has 1 N–H and O–H groups in total. The van der Waals surface area contributed by atoms with Crippen molar-refractivity contribution in [2.75, 3.05) is 30.3 Å². The van der Waals surface area contributed by atoms with Crippen LogP contribution in [-0.4, -0.2) is 63.3 Å². The minimum atomic E-state index is -0.928. The van der Waals surface area contributed by atoms with E-state index in [4.69, 9.17) is 16.7 Å². The zero-order chi connectivity index (χ0) is 18.4. The molecule has 1 aliphatic heterocycles. The van der Waals surface area contributed by atoms with E-state index in [2.05, 4.69) is 21.8 Å². The number of carboxylic acids is 1. The SMILES string of the molecule is CCCCC(=O)N1CCN(c2cc(Cl)nc(SCC(=O)O)n2)CC1C. The lowest BCUT2D eigenvalue weighted by atomic mass is 10.1. The number of rotatable bonds is 7. The molecule has 1 atom stereocenters. The first kappa shape index (κ1) is 19.8. The van der Waals surface area contributed by atoms with Crippen LogP contribution < -0.4 is 4.90 Å². The van der Waals surface area contributed by atoms with Crippen molar-refractivity contribution in [3.63, 3.8) is 0 Å². The van der Waals surface area contributed by atoms with Gasteiger partial charge in [-0.1, -0.05) is 36.7 Å². The molecule has 1 aromatic heterocycles. The molecule has 0 radical (unpaired) electrons. The lowest BCUT2D eigenvalue weighted by Crippen LogP contribution is -2.54. The number of hydrogen-bond donors (Lipinski definition) is 1. The van der Waals surface area contributed by atoms with Gasteiger partial charge in [0.15, 0.2) is 5.16 Å². The van der Waals surface area contributed by atoms with Crippen LogP contribution in [0.1, 0.15) is 33.1 Å². The molecule has 0 spiro atoms. The molecule has 138 valence electrons. The topological polar surface area (TPSA) is 86.6 Å². The van der Waals surface area contributed by atoms with Gasteiger partial charge in [-0.2, -0.15) is 0 Å². The Morgan fingerprint density at radius 3 is 2.80 bits per heavy atom. The number of amides is 1. The highest BCUT2D eigenvalue weighted by Crippen LogP contribution is 2.24. The van der Waals surface area contributed by atoms with Gasteiger partial charge in [0.05, 0.1) is 5.75 Å². The van der Waals surface area contributed by atoms with Gasteiger partial charge in [-0.05, 0) is 13.3 Å². The van der Waals surface area contributed by atoms with E-state index in [-0.39, 0.29) is 22.9 Å². The molecule has 0 saturated carbocycles. The monoisotopic (exact) mass is 386 g/mol. The third-order valence-corrected chi connectivity index (χ3v) is 5.03. The van der Waals surface area contributed by atoms with Crippen LogP contribution in [0.25, 0.3) is 0 Å². The molecule has 0 aromatic carbocycles. The zero-order valence-corrected chi connectivity index (χ0v) is 16.0. The predicted octanol–water partition coefficient (Wildman–Crippen LogP) is 2.53. The Morgan fingerprint density at radius 1 is 1.40 bits per heavy atom. The van der Waals surface area contributed by atoms with Crippen LogP contribution in [0.15, 0.2) is 11.2 Å². The van der Waals surface area contributed by atoms with Crippen LogP contribution in [-0.2, 0) is 9.59 Å². The van der Waals surface area contributed by atoms with E-state index in [1.54, 1.807) is 6.07 Å². The first-order valence-electron chi connectivity index (χ1n) is 8.34. The van der Waals surface area contributed by atoms with E-state index >= 15 is 0 Å². The van der Waals surface area contributed by atoms with Gasteiger partial charge in [-0.3, -0.25) is 9.59 Å². The third kappa shape index (κ3) is 5.74. The number of carbonyl (C=O) groups excluding carboxylic acids is 1. The van der Waals surface area contributed by atoms with E-state index in [9.17, 15) is 9.59 Å². The molecule has 0 bridgehead atoms. The van der Waals surface area contributed by atoms with E-state index in [1.165, 1.54) is 0 Å². The Balaban J connectivity index is 2.03. The largest absolute Gasteiger partial charge is 0.481 e. The van der Waals surface area contributed by atoms with E-state index in [0.717, 1.165) is 24.6 Å². The smallest absolute Gasteiger partial charge is 0.313 e. The maximum absolute atomic E-state index is 12.3. The first-order chi connectivity index (χ1) is 11.9. The normalized spacial score (nSPS) is 17.6. The van der Waals surface area contributed by atoms with Crippen molar-refractivity contribution < 1.29 is 14.7 Å². The molecule has 1 saturated heterocycles. The quantitative estimate of drug-likeness (QED) is 0.437. The molecule has 25 heavy (non-hydrogen) atoms. The van der Waals surface area contributed by atoms with Crippen molar-refractivity contribution in [1.29, 1.82) is 0 Å². The Morgan fingerprint density at radius 2 is 2.16 bits per heavy atom. The van der Waals surface area contributed by atoms with E-state index < -0.39 is 5.97 Å². The number of halogens is 1. The minimum absolute atomic E-state index is 0.0852. The van der Waals surface area contributed by atoms with Gasteiger partial charge >= 0.3 is 5.97 Å². The maximum Gasteiger partial charge on any atom is 0.313 e. The molecule has 1 unspecified atom stereocenters. The molecule has 1 aromatic rings. The summed E-state index contributed by atoms with van der Waals surface area (Å²) in [6, 6.07) is 1.76. The summed E-state index contributed by atoms with van der Waals surface area (Å²) < 4.78 is 0. The average Bonchev–Trinajstić information content (AvgIpc) is 2.57. The second-order valence-corrected chi connectivity index (χ2v) is 7.33. The number of anilines is 1. The van der Waals surface area contributed by atoms with Crippen LogP contribution in [0, 0.1) is 0 Å². The summed E-state index contributed by atoms with van der Waals surface area (Å²) in [7, 11) is 0. The second-order valence-electron chi connectivity index (χ2n) is 6.00. The molecule has 7 nitrogen and oxygen atoms in total. The highest BCUT2D eigenvalue weighted by molar-refractivity contribution is 7.99. The Bertz CT molecular complexity index is 631. The fourth-order valence-corrected chi connectivity index (χ4v) is 3.55. The van der Waals surface area contributed by atoms with Crippen molar-refractivity contribution in [2.45, 2.75) is 44.3 Å². The van der Waals surface area contributed by atoms with Crippen molar-refractivity contribution in [2.24, 2.45) is 0 Å². The average molecular weight is 387 g/mol. The summed E-state index contributed by atoms with van der Waals surface area (Å²) in [5, 5.41) is 9.41. The van der Waals surface area contributed by atoms with Gasteiger partial charge < -0.3 is 14.9 Å². The standard InChI is InChI=1S/C16H23ClN4O3S/c1-3-4-5-14(22)21-7-6-20(9-11(21)2)13-8-12(17)18-16(19-13)25-10-15(23)24/h8,11H,3-7,9-10H2,1-2H3,(H,23,24). The van der Waals surface area contributed by atoms with Gasteiger partial charge in [-0.25, -0.2) is 9.97 Å². The van der Waals surface area contributed by atoms with Crippen LogP contribution in [0.3, 0.4) is 0 Å². The fraction of sp³-hybridized carbons (Fsp3) is 0.625. The Hall–Kier alpha value is -1.54. The third-order valence-electron chi connectivity index (χ3n) is 4.00. The van der Waals surface area contributed by atoms with Crippen molar-refractivity contribution in [3.05, 3.63) is 11.2 Å². The first-order valence-corrected chi connectivity index (χ1v) is 9.70. The van der Waals surface area contributed by atoms with Crippen LogP contribution >= 0.6 is 23.4 Å². The van der Waals surface area contributed by atoms with Crippen LogP contribution in [0.4, 0.5) is 5.82 Å². The molecular weight excluding hydrogens is 364 g/mol. The van der Waals surface area contributed by atoms with Crippen LogP contribution in [0.5, 0.6) is 0 Å². The summed E-state index contributed by atoms with van der Waals surface area (Å²) in [5.74, 6) is -0.175. The van der Waals surface area contributed by atoms with Crippen molar-refractivity contribution in [1.82, 2.24) is 14.9 Å². The van der Waals surface area contributed by atoms with Gasteiger partial charge in [0, 0.05) is 38.2 Å². The number of piperazine rings is 1. The van der Waals surface area contributed by atoms with Crippen molar-refractivity contribution in [3.8, 4) is 0 Å². The highest BCUT2D eigenvalue weighted by atomic mass is 35.5. The number of thioether (sulfide) groups is 1. The maximum atomic E-state index is 12.3. The Kier molecular flexibility index (Phi) is 7.31. The predicted molar refractivity (Wildman–Crippen MR) is 98.3 cm³/mol. The van der Waals surface area contributed by atoms with E-state index in [0.29, 0.717) is 37.0 Å². The number of nitrogens with zero attached hydrogens (tertiary/aromatic N) is 4. The minimum Gasteiger partial charge on any atom is -0.481 e.